The molecule has 0 aliphatic heterocycles. The Morgan fingerprint density at radius 3 is 2.63 bits per heavy atom. The van der Waals surface area contributed by atoms with Gasteiger partial charge in [-0.3, -0.25) is 4.99 Å². The number of guanidine groups is 1. The molecule has 0 radical (unpaired) electrons. The molecule has 0 aliphatic rings. The number of halogens is 1. The van der Waals surface area contributed by atoms with Gasteiger partial charge in [-0.1, -0.05) is 49.3 Å². The maximum absolute atomic E-state index is 5.68. The standard InChI is InChI=1S/C20H30N4O2.HI/c1-16(2)19-14-18(26-24-19)15-23-20(21-3)22-11-7-12-25-13-10-17-8-5-4-6-9-17;/h4-6,8-9,14,16H,7,10-13,15H2,1-3H3,(H2,21,22,23);1H. The second kappa shape index (κ2) is 13.5. The van der Waals surface area contributed by atoms with Gasteiger partial charge in [-0.05, 0) is 24.3 Å². The monoisotopic (exact) mass is 486 g/mol. The van der Waals surface area contributed by atoms with E-state index in [0.717, 1.165) is 50.0 Å². The van der Waals surface area contributed by atoms with E-state index >= 15 is 0 Å². The molecular weight excluding hydrogens is 455 g/mol. The molecule has 7 heteroatoms. The average Bonchev–Trinajstić information content (AvgIpc) is 3.13. The van der Waals surface area contributed by atoms with E-state index in [-0.39, 0.29) is 24.0 Å². The summed E-state index contributed by atoms with van der Waals surface area (Å²) in [6, 6.07) is 12.4. The number of ether oxygens (including phenoxy) is 1. The van der Waals surface area contributed by atoms with Gasteiger partial charge < -0.3 is 19.9 Å². The minimum atomic E-state index is 0. The first-order valence-electron chi connectivity index (χ1n) is 9.20. The van der Waals surface area contributed by atoms with Crippen molar-refractivity contribution in [2.75, 3.05) is 26.8 Å². The second-order valence-corrected chi connectivity index (χ2v) is 6.43. The summed E-state index contributed by atoms with van der Waals surface area (Å²) in [7, 11) is 1.76. The SMILES string of the molecule is CN=C(NCCCOCCc1ccccc1)NCc1cc(C(C)C)no1.I. The molecule has 1 aromatic carbocycles. The lowest BCUT2D eigenvalue weighted by Crippen LogP contribution is -2.37. The minimum absolute atomic E-state index is 0. The van der Waals surface area contributed by atoms with Crippen LogP contribution >= 0.6 is 24.0 Å². The predicted octanol–water partition coefficient (Wildman–Crippen LogP) is 3.73. The first kappa shape index (κ1) is 23.4. The summed E-state index contributed by atoms with van der Waals surface area (Å²) in [6.07, 6.45) is 1.88. The van der Waals surface area contributed by atoms with E-state index in [9.17, 15) is 0 Å². The molecule has 0 unspecified atom stereocenters. The van der Waals surface area contributed by atoms with Gasteiger partial charge in [0.1, 0.15) is 0 Å². The van der Waals surface area contributed by atoms with E-state index in [0.29, 0.717) is 12.5 Å². The molecule has 0 bridgehead atoms. The first-order chi connectivity index (χ1) is 12.7. The van der Waals surface area contributed by atoms with Crippen molar-refractivity contribution in [3.8, 4) is 0 Å². The van der Waals surface area contributed by atoms with Crippen molar-refractivity contribution in [3.63, 3.8) is 0 Å². The third-order valence-corrected chi connectivity index (χ3v) is 3.96. The van der Waals surface area contributed by atoms with Crippen LogP contribution < -0.4 is 10.6 Å². The zero-order chi connectivity index (χ0) is 18.6. The molecule has 6 nitrogen and oxygen atoms in total. The van der Waals surface area contributed by atoms with E-state index < -0.39 is 0 Å². The van der Waals surface area contributed by atoms with Crippen LogP contribution in [0.2, 0.25) is 0 Å². The lowest BCUT2D eigenvalue weighted by Gasteiger charge is -2.10. The van der Waals surface area contributed by atoms with Crippen molar-refractivity contribution in [1.82, 2.24) is 15.8 Å². The number of nitrogens with zero attached hydrogens (tertiary/aromatic N) is 2. The summed E-state index contributed by atoms with van der Waals surface area (Å²) in [5, 5.41) is 10.6. The van der Waals surface area contributed by atoms with Gasteiger partial charge >= 0.3 is 0 Å². The quantitative estimate of drug-likeness (QED) is 0.232. The van der Waals surface area contributed by atoms with Crippen LogP contribution in [0, 0.1) is 0 Å². The summed E-state index contributed by atoms with van der Waals surface area (Å²) < 4.78 is 11.0. The van der Waals surface area contributed by atoms with Crippen molar-refractivity contribution < 1.29 is 9.26 Å². The zero-order valence-electron chi connectivity index (χ0n) is 16.4. The van der Waals surface area contributed by atoms with Crippen LogP contribution in [-0.4, -0.2) is 37.9 Å². The highest BCUT2D eigenvalue weighted by Gasteiger charge is 2.08. The average molecular weight is 486 g/mol. The number of rotatable bonds is 10. The fraction of sp³-hybridized carbons (Fsp3) is 0.500. The van der Waals surface area contributed by atoms with Gasteiger partial charge in [0.25, 0.3) is 0 Å². The number of hydrogen-bond acceptors (Lipinski definition) is 4. The molecule has 0 spiro atoms. The van der Waals surface area contributed by atoms with Gasteiger partial charge in [-0.15, -0.1) is 24.0 Å². The van der Waals surface area contributed by atoms with Crippen LogP contribution in [0.15, 0.2) is 45.9 Å². The Bertz CT molecular complexity index is 659. The van der Waals surface area contributed by atoms with Gasteiger partial charge in [0.05, 0.1) is 18.8 Å². The van der Waals surface area contributed by atoms with Crippen molar-refractivity contribution in [2.24, 2.45) is 4.99 Å². The molecule has 0 amide bonds. The fourth-order valence-corrected chi connectivity index (χ4v) is 2.39. The molecule has 0 aliphatic carbocycles. The third-order valence-electron chi connectivity index (χ3n) is 3.96. The predicted molar refractivity (Wildman–Crippen MR) is 120 cm³/mol. The Kier molecular flexibility index (Phi) is 11.8. The maximum atomic E-state index is 5.68. The Hall–Kier alpha value is -1.61. The number of aliphatic imine (C=N–C) groups is 1. The van der Waals surface area contributed by atoms with Crippen LogP contribution in [0.3, 0.4) is 0 Å². The summed E-state index contributed by atoms with van der Waals surface area (Å²) >= 11 is 0. The van der Waals surface area contributed by atoms with E-state index in [1.54, 1.807) is 7.05 Å². The van der Waals surface area contributed by atoms with Crippen LogP contribution in [0.5, 0.6) is 0 Å². The Labute approximate surface area is 179 Å². The summed E-state index contributed by atoms with van der Waals surface area (Å²) in [5.41, 5.74) is 2.28. The molecule has 150 valence electrons. The second-order valence-electron chi connectivity index (χ2n) is 6.43. The normalized spacial score (nSPS) is 11.3. The van der Waals surface area contributed by atoms with Gasteiger partial charge in [-0.2, -0.15) is 0 Å². The first-order valence-corrected chi connectivity index (χ1v) is 9.20. The Balaban J connectivity index is 0.00000364. The van der Waals surface area contributed by atoms with Gasteiger partial charge in [0.2, 0.25) is 0 Å². The van der Waals surface area contributed by atoms with Crippen molar-refractivity contribution in [3.05, 3.63) is 53.4 Å². The zero-order valence-corrected chi connectivity index (χ0v) is 18.7. The summed E-state index contributed by atoms with van der Waals surface area (Å²) in [6.45, 7) is 7.04. The van der Waals surface area contributed by atoms with E-state index in [1.807, 2.05) is 12.1 Å². The lowest BCUT2D eigenvalue weighted by molar-refractivity contribution is 0.135. The lowest BCUT2D eigenvalue weighted by atomic mass is 10.1. The molecule has 2 aromatic rings. The molecule has 2 N–H and O–H groups in total. The molecule has 1 aromatic heterocycles. The molecule has 0 atom stereocenters. The Morgan fingerprint density at radius 1 is 1.19 bits per heavy atom. The number of nitrogens with one attached hydrogen (secondary N) is 2. The van der Waals surface area contributed by atoms with Gasteiger partial charge in [-0.25, -0.2) is 0 Å². The molecule has 0 saturated heterocycles. The Morgan fingerprint density at radius 2 is 1.96 bits per heavy atom. The molecular formula is C20H31IN4O2. The highest BCUT2D eigenvalue weighted by atomic mass is 127. The number of hydrogen-bond donors (Lipinski definition) is 2. The molecule has 0 fully saturated rings. The topological polar surface area (TPSA) is 71.7 Å². The third kappa shape index (κ3) is 9.23. The molecule has 0 saturated carbocycles. The van der Waals surface area contributed by atoms with Crippen molar-refractivity contribution >= 4 is 29.9 Å². The van der Waals surface area contributed by atoms with Crippen LogP contribution in [-0.2, 0) is 17.7 Å². The molecule has 1 heterocycles. The van der Waals surface area contributed by atoms with Crippen LogP contribution in [0.4, 0.5) is 0 Å². The molecule has 27 heavy (non-hydrogen) atoms. The minimum Gasteiger partial charge on any atom is -0.381 e. The fourth-order valence-electron chi connectivity index (χ4n) is 2.39. The van der Waals surface area contributed by atoms with Crippen LogP contribution in [0.1, 0.15) is 43.2 Å². The smallest absolute Gasteiger partial charge is 0.191 e. The van der Waals surface area contributed by atoms with Gasteiger partial charge in [0.15, 0.2) is 11.7 Å². The van der Waals surface area contributed by atoms with Crippen molar-refractivity contribution in [2.45, 2.75) is 39.2 Å². The van der Waals surface area contributed by atoms with E-state index in [2.05, 4.69) is 58.9 Å². The summed E-state index contributed by atoms with van der Waals surface area (Å²) in [5.74, 6) is 1.92. The number of benzene rings is 1. The van der Waals surface area contributed by atoms with Crippen LogP contribution in [0.25, 0.3) is 0 Å². The van der Waals surface area contributed by atoms with E-state index in [4.69, 9.17) is 9.26 Å². The highest BCUT2D eigenvalue weighted by Crippen LogP contribution is 2.13. The van der Waals surface area contributed by atoms with E-state index in [1.165, 1.54) is 5.56 Å². The van der Waals surface area contributed by atoms with Gasteiger partial charge in [0, 0.05) is 26.3 Å². The molecule has 2 rings (SSSR count). The summed E-state index contributed by atoms with van der Waals surface area (Å²) in [4.78, 5) is 4.21. The maximum Gasteiger partial charge on any atom is 0.191 e. The van der Waals surface area contributed by atoms with Crippen molar-refractivity contribution in [1.29, 1.82) is 0 Å². The highest BCUT2D eigenvalue weighted by molar-refractivity contribution is 14.0. The number of aromatic nitrogens is 1. The largest absolute Gasteiger partial charge is 0.381 e.